The molecule has 3 aromatic rings. The van der Waals surface area contributed by atoms with Gasteiger partial charge in [0.15, 0.2) is 0 Å². The Balaban J connectivity index is 1.61. The monoisotopic (exact) mass is 454 g/mol. The Morgan fingerprint density at radius 3 is 2.84 bits per heavy atom. The van der Waals surface area contributed by atoms with E-state index in [4.69, 9.17) is 9.72 Å². The highest BCUT2D eigenvalue weighted by Crippen LogP contribution is 2.32. The zero-order valence-corrected chi connectivity index (χ0v) is 19.6. The minimum absolute atomic E-state index is 0.0196. The number of nitrogens with zero attached hydrogens (tertiary/aromatic N) is 4. The number of aromatic nitrogens is 2. The summed E-state index contributed by atoms with van der Waals surface area (Å²) >= 11 is 0. The van der Waals surface area contributed by atoms with Gasteiger partial charge in [0.05, 0.1) is 24.1 Å². The molecule has 1 amide bonds. The molecule has 2 fully saturated rings. The molecule has 2 atom stereocenters. The molecule has 4 heterocycles. The SMILES string of the molecule is Cc1ccn2c(CC3CN(C)CCO3)c(-c3c(F)cc(N4CCCC4=O)cc3P)nc2c1. The number of anilines is 1. The fraction of sp³-hybridized carbons (Fsp3) is 0.417. The van der Waals surface area contributed by atoms with Crippen molar-refractivity contribution in [2.45, 2.75) is 32.3 Å². The number of pyridine rings is 1. The van der Waals surface area contributed by atoms with Crippen molar-refractivity contribution in [3.8, 4) is 11.3 Å². The molecular weight excluding hydrogens is 426 g/mol. The predicted octanol–water partition coefficient (Wildman–Crippen LogP) is 2.95. The van der Waals surface area contributed by atoms with Gasteiger partial charge in [0.25, 0.3) is 0 Å². The fourth-order valence-electron chi connectivity index (χ4n) is 4.74. The summed E-state index contributed by atoms with van der Waals surface area (Å²) in [6.45, 7) is 5.08. The molecule has 0 spiro atoms. The van der Waals surface area contributed by atoms with Crippen LogP contribution in [-0.4, -0.2) is 59.6 Å². The molecular formula is C24H28FN4O2P. The highest BCUT2D eigenvalue weighted by molar-refractivity contribution is 7.28. The molecule has 2 unspecified atom stereocenters. The molecule has 0 N–H and O–H groups in total. The number of ether oxygens (including phenoxy) is 1. The lowest BCUT2D eigenvalue weighted by Gasteiger charge is -2.30. The van der Waals surface area contributed by atoms with Gasteiger partial charge in [0.2, 0.25) is 5.91 Å². The third-order valence-corrected chi connectivity index (χ3v) is 6.83. The van der Waals surface area contributed by atoms with Crippen molar-refractivity contribution in [2.24, 2.45) is 0 Å². The number of rotatable bonds is 4. The van der Waals surface area contributed by atoms with Gasteiger partial charge in [-0.2, -0.15) is 0 Å². The lowest BCUT2D eigenvalue weighted by Crippen LogP contribution is -2.41. The second kappa shape index (κ2) is 8.54. The van der Waals surface area contributed by atoms with Gasteiger partial charge >= 0.3 is 0 Å². The van der Waals surface area contributed by atoms with E-state index in [1.807, 2.05) is 35.7 Å². The second-order valence-electron chi connectivity index (χ2n) is 8.84. The summed E-state index contributed by atoms with van der Waals surface area (Å²) in [5, 5.41) is 0.697. The van der Waals surface area contributed by atoms with Crippen molar-refractivity contribution < 1.29 is 13.9 Å². The van der Waals surface area contributed by atoms with Gasteiger partial charge in [0, 0.05) is 49.9 Å². The van der Waals surface area contributed by atoms with Crippen molar-refractivity contribution >= 4 is 31.8 Å². The standard InChI is InChI=1S/C24H28FN4O2P/c1-15-5-7-29-19(13-17-14-27(2)8-9-31-17)24(26-21(29)10-15)23-18(25)11-16(12-20(23)32)28-6-3-4-22(28)30/h5,7,10-12,17H,3-4,6,8-9,13-14,32H2,1-2H3. The molecule has 6 nitrogen and oxygen atoms in total. The van der Waals surface area contributed by atoms with Gasteiger partial charge in [-0.05, 0) is 55.5 Å². The van der Waals surface area contributed by atoms with Gasteiger partial charge in [-0.1, -0.05) is 0 Å². The minimum atomic E-state index is -0.366. The number of benzene rings is 1. The molecule has 32 heavy (non-hydrogen) atoms. The Labute approximate surface area is 189 Å². The first-order chi connectivity index (χ1) is 15.4. The summed E-state index contributed by atoms with van der Waals surface area (Å²) < 4.78 is 23.6. The van der Waals surface area contributed by atoms with E-state index < -0.39 is 0 Å². The van der Waals surface area contributed by atoms with Crippen LogP contribution in [-0.2, 0) is 16.0 Å². The molecule has 1 aromatic carbocycles. The van der Waals surface area contributed by atoms with Gasteiger partial charge in [0.1, 0.15) is 11.5 Å². The number of carbonyl (C=O) groups is 1. The predicted molar refractivity (Wildman–Crippen MR) is 127 cm³/mol. The first kappa shape index (κ1) is 21.5. The second-order valence-corrected chi connectivity index (χ2v) is 9.46. The number of amides is 1. The number of hydrogen-bond acceptors (Lipinski definition) is 4. The molecule has 8 heteroatoms. The number of carbonyl (C=O) groups excluding carboxylic acids is 1. The van der Waals surface area contributed by atoms with Crippen LogP contribution in [0.4, 0.5) is 10.1 Å². The molecule has 0 bridgehead atoms. The molecule has 5 rings (SSSR count). The zero-order valence-electron chi connectivity index (χ0n) is 18.5. The maximum Gasteiger partial charge on any atom is 0.227 e. The third kappa shape index (κ3) is 3.94. The molecule has 0 radical (unpaired) electrons. The van der Waals surface area contributed by atoms with Crippen LogP contribution in [0.3, 0.4) is 0 Å². The first-order valence-electron chi connectivity index (χ1n) is 11.1. The van der Waals surface area contributed by atoms with Crippen molar-refractivity contribution in [1.29, 1.82) is 0 Å². The lowest BCUT2D eigenvalue weighted by molar-refractivity contribution is -0.117. The zero-order chi connectivity index (χ0) is 22.4. The average Bonchev–Trinajstić information content (AvgIpc) is 3.31. The van der Waals surface area contributed by atoms with Crippen LogP contribution >= 0.6 is 9.24 Å². The van der Waals surface area contributed by atoms with Crippen molar-refractivity contribution in [3.05, 3.63) is 47.5 Å². The van der Waals surface area contributed by atoms with Crippen molar-refractivity contribution in [3.63, 3.8) is 0 Å². The third-order valence-electron chi connectivity index (χ3n) is 6.37. The van der Waals surface area contributed by atoms with Gasteiger partial charge in [-0.15, -0.1) is 9.24 Å². The molecule has 2 aliphatic heterocycles. The summed E-state index contributed by atoms with van der Waals surface area (Å²) in [4.78, 5) is 20.9. The number of morpholine rings is 1. The fourth-order valence-corrected chi connectivity index (χ4v) is 5.18. The van der Waals surface area contributed by atoms with E-state index in [0.29, 0.717) is 48.2 Å². The number of fused-ring (bicyclic) bond motifs is 1. The maximum atomic E-state index is 15.6. The van der Waals surface area contributed by atoms with Crippen molar-refractivity contribution in [2.75, 3.05) is 38.2 Å². The highest BCUT2D eigenvalue weighted by Gasteiger charge is 2.27. The maximum absolute atomic E-state index is 15.6. The number of halogens is 1. The Morgan fingerprint density at radius 1 is 1.28 bits per heavy atom. The van der Waals surface area contributed by atoms with E-state index in [2.05, 4.69) is 21.2 Å². The smallest absolute Gasteiger partial charge is 0.227 e. The number of aryl methyl sites for hydroxylation is 1. The van der Waals surface area contributed by atoms with Gasteiger partial charge in [-0.3, -0.25) is 4.79 Å². The lowest BCUT2D eigenvalue weighted by atomic mass is 10.0. The van der Waals surface area contributed by atoms with E-state index in [1.54, 1.807) is 4.90 Å². The Hall–Kier alpha value is -2.34. The molecule has 0 aliphatic carbocycles. The van der Waals surface area contributed by atoms with Crippen molar-refractivity contribution in [1.82, 2.24) is 14.3 Å². The first-order valence-corrected chi connectivity index (χ1v) is 11.7. The molecule has 0 saturated carbocycles. The number of imidazole rings is 1. The molecule has 168 valence electrons. The minimum Gasteiger partial charge on any atom is -0.375 e. The number of likely N-dealkylation sites (N-methyl/N-ethyl adjacent to an activating group) is 1. The quantitative estimate of drug-likeness (QED) is 0.569. The van der Waals surface area contributed by atoms with E-state index in [1.165, 1.54) is 6.07 Å². The summed E-state index contributed by atoms with van der Waals surface area (Å²) in [5.41, 5.74) is 4.54. The van der Waals surface area contributed by atoms with Crippen LogP contribution in [0.1, 0.15) is 24.1 Å². The summed E-state index contributed by atoms with van der Waals surface area (Å²) in [6, 6.07) is 7.39. The summed E-state index contributed by atoms with van der Waals surface area (Å²) in [5.74, 6) is -0.320. The van der Waals surface area contributed by atoms with E-state index in [-0.39, 0.29) is 17.8 Å². The Morgan fingerprint density at radius 2 is 2.12 bits per heavy atom. The van der Waals surface area contributed by atoms with Crippen LogP contribution in [0.25, 0.3) is 16.9 Å². The summed E-state index contributed by atoms with van der Waals surface area (Å²) in [7, 11) is 4.73. The van der Waals surface area contributed by atoms with E-state index in [9.17, 15) is 4.79 Å². The molecule has 2 saturated heterocycles. The van der Waals surface area contributed by atoms with Gasteiger partial charge in [-0.25, -0.2) is 9.37 Å². The number of hydrogen-bond donors (Lipinski definition) is 0. The largest absolute Gasteiger partial charge is 0.375 e. The van der Waals surface area contributed by atoms with E-state index >= 15 is 4.39 Å². The summed E-state index contributed by atoms with van der Waals surface area (Å²) in [6.07, 6.45) is 3.98. The highest BCUT2D eigenvalue weighted by atomic mass is 31.0. The van der Waals surface area contributed by atoms with Gasteiger partial charge < -0.3 is 18.9 Å². The average molecular weight is 454 g/mol. The molecule has 2 aromatic heterocycles. The Kier molecular flexibility index (Phi) is 5.74. The van der Waals surface area contributed by atoms with Crippen LogP contribution in [0.15, 0.2) is 30.5 Å². The van der Waals surface area contributed by atoms with E-state index in [0.717, 1.165) is 36.4 Å². The van der Waals surface area contributed by atoms with Crippen LogP contribution in [0.2, 0.25) is 0 Å². The topological polar surface area (TPSA) is 50.1 Å². The molecule has 2 aliphatic rings. The van der Waals surface area contributed by atoms with Crippen LogP contribution in [0.5, 0.6) is 0 Å². The van der Waals surface area contributed by atoms with Crippen LogP contribution in [0, 0.1) is 12.7 Å². The Bertz CT molecular complexity index is 1170. The normalized spacial score (nSPS) is 19.9. The van der Waals surface area contributed by atoms with Crippen LogP contribution < -0.4 is 10.2 Å².